The molecule has 0 aromatic heterocycles. The molecule has 0 atom stereocenters. The molecule has 86 valence electrons. The zero-order chi connectivity index (χ0) is 11.4. The Morgan fingerprint density at radius 3 is 1.21 bits per heavy atom. The number of hydrogen-bond acceptors (Lipinski definition) is 4. The van der Waals surface area contributed by atoms with E-state index in [1.165, 1.54) is 35.2 Å². The number of aliphatic hydroxyl groups is 3. The predicted octanol–water partition coefficient (Wildman–Crippen LogP) is -1.26. The molecule has 0 aliphatic carbocycles. The maximum atomic E-state index is 12.3. The van der Waals surface area contributed by atoms with Crippen LogP contribution < -0.4 is 0 Å². The summed E-state index contributed by atoms with van der Waals surface area (Å²) >= 11 is 0. The molecule has 8 heteroatoms. The lowest BCUT2D eigenvalue weighted by molar-refractivity contribution is 0.124. The van der Waals surface area contributed by atoms with Gasteiger partial charge in [0, 0.05) is 0 Å². The standard InChI is InChI=1S/C6H18N3O4P/c1-7(4-10)14(13,8(2)5-11)9(3)6-12/h10-12H,4-6H2,1-3H3. The molecule has 0 rings (SSSR count). The van der Waals surface area contributed by atoms with Gasteiger partial charge in [-0.2, -0.15) is 0 Å². The molecule has 0 aliphatic heterocycles. The van der Waals surface area contributed by atoms with Crippen molar-refractivity contribution in [2.24, 2.45) is 0 Å². The fourth-order valence-corrected chi connectivity index (χ4v) is 3.09. The van der Waals surface area contributed by atoms with Crippen LogP contribution in [0.4, 0.5) is 0 Å². The minimum Gasteiger partial charge on any atom is -0.381 e. The van der Waals surface area contributed by atoms with E-state index in [1.807, 2.05) is 0 Å². The molecule has 0 spiro atoms. The second-order valence-corrected chi connectivity index (χ2v) is 5.99. The average Bonchev–Trinajstić information content (AvgIpc) is 2.24. The van der Waals surface area contributed by atoms with E-state index in [9.17, 15) is 4.57 Å². The van der Waals surface area contributed by atoms with Crippen LogP contribution in [0.15, 0.2) is 0 Å². The van der Waals surface area contributed by atoms with Crippen LogP contribution >= 0.6 is 7.59 Å². The monoisotopic (exact) mass is 227 g/mol. The Kier molecular flexibility index (Phi) is 5.77. The molecule has 0 saturated heterocycles. The third kappa shape index (κ3) is 2.52. The molecular formula is C6H18N3O4P. The Hall–Kier alpha value is -0.0100. The van der Waals surface area contributed by atoms with Gasteiger partial charge in [-0.05, 0) is 21.1 Å². The van der Waals surface area contributed by atoms with Gasteiger partial charge >= 0.3 is 0 Å². The summed E-state index contributed by atoms with van der Waals surface area (Å²) in [4.78, 5) is 0. The van der Waals surface area contributed by atoms with Gasteiger partial charge in [0.15, 0.2) is 0 Å². The number of hydrogen-bond donors (Lipinski definition) is 3. The molecular weight excluding hydrogens is 209 g/mol. The smallest absolute Gasteiger partial charge is 0.291 e. The number of nitrogens with zero attached hydrogens (tertiary/aromatic N) is 3. The Labute approximate surface area is 83.7 Å². The SMILES string of the molecule is CN(CO)P(=O)(N(C)CO)N(C)CO. The quantitative estimate of drug-likeness (QED) is 0.385. The summed E-state index contributed by atoms with van der Waals surface area (Å²) in [6, 6.07) is 0. The summed E-state index contributed by atoms with van der Waals surface area (Å²) in [6.45, 7) is -1.27. The predicted molar refractivity (Wildman–Crippen MR) is 52.2 cm³/mol. The Balaban J connectivity index is 4.94. The molecule has 0 unspecified atom stereocenters. The largest absolute Gasteiger partial charge is 0.381 e. The lowest BCUT2D eigenvalue weighted by atomic mass is 11.2. The van der Waals surface area contributed by atoms with Gasteiger partial charge in [-0.15, -0.1) is 0 Å². The van der Waals surface area contributed by atoms with Gasteiger partial charge in [0.05, 0.1) is 0 Å². The lowest BCUT2D eigenvalue weighted by Crippen LogP contribution is -2.37. The van der Waals surface area contributed by atoms with E-state index in [2.05, 4.69) is 0 Å². The molecule has 0 aromatic carbocycles. The van der Waals surface area contributed by atoms with Crippen molar-refractivity contribution in [2.75, 3.05) is 41.3 Å². The van der Waals surface area contributed by atoms with Crippen molar-refractivity contribution in [1.82, 2.24) is 14.0 Å². The van der Waals surface area contributed by atoms with E-state index in [0.717, 1.165) is 0 Å². The van der Waals surface area contributed by atoms with Gasteiger partial charge in [-0.25, -0.2) is 14.0 Å². The Bertz CT molecular complexity index is 182. The first-order chi connectivity index (χ1) is 6.44. The normalized spacial score (nSPS) is 13.2. The highest BCUT2D eigenvalue weighted by Crippen LogP contribution is 2.52. The summed E-state index contributed by atoms with van der Waals surface area (Å²) in [5.74, 6) is 0. The van der Waals surface area contributed by atoms with E-state index in [4.69, 9.17) is 15.3 Å². The molecule has 0 amide bonds. The molecule has 0 aliphatic rings. The van der Waals surface area contributed by atoms with Crippen LogP contribution in [0.5, 0.6) is 0 Å². The van der Waals surface area contributed by atoms with Crippen molar-refractivity contribution in [3.05, 3.63) is 0 Å². The zero-order valence-electron chi connectivity index (χ0n) is 8.66. The molecule has 0 fully saturated rings. The zero-order valence-corrected chi connectivity index (χ0v) is 9.55. The molecule has 0 radical (unpaired) electrons. The molecule has 0 saturated carbocycles. The first-order valence-corrected chi connectivity index (χ1v) is 5.59. The number of aliphatic hydroxyl groups excluding tert-OH is 3. The van der Waals surface area contributed by atoms with Crippen LogP contribution in [0.25, 0.3) is 0 Å². The first-order valence-electron chi connectivity index (χ1n) is 4.02. The molecule has 7 nitrogen and oxygen atoms in total. The van der Waals surface area contributed by atoms with Gasteiger partial charge in [0.25, 0.3) is 7.59 Å². The van der Waals surface area contributed by atoms with Crippen LogP contribution in [-0.2, 0) is 4.57 Å². The highest BCUT2D eigenvalue weighted by molar-refractivity contribution is 7.56. The summed E-state index contributed by atoms with van der Waals surface area (Å²) in [5.41, 5.74) is 0. The van der Waals surface area contributed by atoms with Crippen LogP contribution in [0.1, 0.15) is 0 Å². The van der Waals surface area contributed by atoms with Crippen molar-refractivity contribution < 1.29 is 19.9 Å². The van der Waals surface area contributed by atoms with E-state index < -0.39 is 27.8 Å². The second-order valence-electron chi connectivity index (χ2n) is 2.91. The molecule has 14 heavy (non-hydrogen) atoms. The van der Waals surface area contributed by atoms with Gasteiger partial charge in [-0.1, -0.05) is 0 Å². The van der Waals surface area contributed by atoms with Crippen molar-refractivity contribution in [3.63, 3.8) is 0 Å². The molecule has 0 heterocycles. The summed E-state index contributed by atoms with van der Waals surface area (Å²) in [5, 5.41) is 26.7. The Morgan fingerprint density at radius 2 is 1.07 bits per heavy atom. The number of rotatable bonds is 6. The third-order valence-corrected chi connectivity index (χ3v) is 5.00. The van der Waals surface area contributed by atoms with E-state index in [-0.39, 0.29) is 0 Å². The van der Waals surface area contributed by atoms with Gasteiger partial charge in [0.1, 0.15) is 20.2 Å². The molecule has 0 aromatic rings. The van der Waals surface area contributed by atoms with Crippen LogP contribution in [-0.4, -0.2) is 70.7 Å². The van der Waals surface area contributed by atoms with Crippen LogP contribution in [0, 0.1) is 0 Å². The van der Waals surface area contributed by atoms with E-state index in [0.29, 0.717) is 0 Å². The van der Waals surface area contributed by atoms with E-state index >= 15 is 0 Å². The second kappa shape index (κ2) is 5.77. The molecule has 0 bridgehead atoms. The fraction of sp³-hybridized carbons (Fsp3) is 1.00. The summed E-state index contributed by atoms with van der Waals surface area (Å²) in [7, 11) is 1.09. The Morgan fingerprint density at radius 1 is 0.857 bits per heavy atom. The van der Waals surface area contributed by atoms with Crippen molar-refractivity contribution in [2.45, 2.75) is 0 Å². The van der Waals surface area contributed by atoms with Crippen LogP contribution in [0.3, 0.4) is 0 Å². The maximum Gasteiger partial charge on any atom is 0.291 e. The van der Waals surface area contributed by atoms with E-state index in [1.54, 1.807) is 0 Å². The highest BCUT2D eigenvalue weighted by Gasteiger charge is 2.36. The minimum atomic E-state index is -3.24. The highest BCUT2D eigenvalue weighted by atomic mass is 31.2. The first kappa shape index (κ1) is 14.0. The topological polar surface area (TPSA) is 87.5 Å². The summed E-state index contributed by atoms with van der Waals surface area (Å²) < 4.78 is 15.8. The van der Waals surface area contributed by atoms with Crippen molar-refractivity contribution in [3.8, 4) is 0 Å². The third-order valence-electron chi connectivity index (χ3n) is 1.95. The van der Waals surface area contributed by atoms with Crippen molar-refractivity contribution in [1.29, 1.82) is 0 Å². The van der Waals surface area contributed by atoms with Crippen molar-refractivity contribution >= 4 is 7.59 Å². The lowest BCUT2D eigenvalue weighted by Gasteiger charge is -2.37. The van der Waals surface area contributed by atoms with Gasteiger partial charge < -0.3 is 15.3 Å². The van der Waals surface area contributed by atoms with Crippen LogP contribution in [0.2, 0.25) is 0 Å². The van der Waals surface area contributed by atoms with Gasteiger partial charge in [-0.3, -0.25) is 4.57 Å². The van der Waals surface area contributed by atoms with Gasteiger partial charge in [0.2, 0.25) is 0 Å². The molecule has 3 N–H and O–H groups in total. The summed E-state index contributed by atoms with van der Waals surface area (Å²) in [6.07, 6.45) is 0. The maximum absolute atomic E-state index is 12.3. The fourth-order valence-electron chi connectivity index (χ4n) is 1.03. The average molecular weight is 227 g/mol. The minimum absolute atomic E-state index is 0.425.